The summed E-state index contributed by atoms with van der Waals surface area (Å²) in [6.07, 6.45) is 0.436. The third-order valence-electron chi connectivity index (χ3n) is 3.23. The molecule has 23 heavy (non-hydrogen) atoms. The first-order valence-electron chi connectivity index (χ1n) is 7.20. The monoisotopic (exact) mass is 330 g/mol. The van der Waals surface area contributed by atoms with Crippen molar-refractivity contribution in [3.8, 4) is 0 Å². The highest BCUT2D eigenvalue weighted by molar-refractivity contribution is 7.85. The molecule has 0 bridgehead atoms. The van der Waals surface area contributed by atoms with Gasteiger partial charge in [-0.25, -0.2) is 4.21 Å². The van der Waals surface area contributed by atoms with Crippen LogP contribution in [0.15, 0.2) is 58.3 Å². The number of carbonyl (C=O) groups is 2. The van der Waals surface area contributed by atoms with E-state index in [-0.39, 0.29) is 18.2 Å². The van der Waals surface area contributed by atoms with Gasteiger partial charge in [-0.2, -0.15) is 0 Å². The van der Waals surface area contributed by atoms with E-state index >= 15 is 0 Å². The Labute approximate surface area is 137 Å². The van der Waals surface area contributed by atoms with Gasteiger partial charge in [0.05, 0.1) is 17.3 Å². The second-order valence-electron chi connectivity index (χ2n) is 4.85. The van der Waals surface area contributed by atoms with Gasteiger partial charge >= 0.3 is 0 Å². The van der Waals surface area contributed by atoms with Crippen LogP contribution in [0.5, 0.6) is 0 Å². The summed E-state index contributed by atoms with van der Waals surface area (Å²) in [5.41, 5.74) is 6.41. The molecule has 2 rings (SSSR count). The third-order valence-corrected chi connectivity index (χ3v) is 4.61. The minimum absolute atomic E-state index is 0.0498. The standard InChI is InChI=1S/C17H18N2O3S/c1-2-16(20)12-6-8-14(9-7-12)23(22)15-5-3-4-13(10-15)19-17(21)11-18/h3-10H,2,11,18H2,1H3,(H,19,21). The van der Waals surface area contributed by atoms with E-state index < -0.39 is 10.8 Å². The normalized spacial score (nSPS) is 11.7. The molecular weight excluding hydrogens is 312 g/mol. The van der Waals surface area contributed by atoms with Crippen LogP contribution in [0.2, 0.25) is 0 Å². The maximum absolute atomic E-state index is 12.6. The molecule has 0 heterocycles. The number of benzene rings is 2. The fourth-order valence-corrected chi connectivity index (χ4v) is 3.10. The zero-order valence-electron chi connectivity index (χ0n) is 12.7. The summed E-state index contributed by atoms with van der Waals surface area (Å²) in [5, 5.41) is 2.63. The molecule has 0 spiro atoms. The number of amides is 1. The minimum atomic E-state index is -1.39. The number of ketones is 1. The van der Waals surface area contributed by atoms with Crippen molar-refractivity contribution in [3.63, 3.8) is 0 Å². The van der Waals surface area contributed by atoms with Crippen molar-refractivity contribution < 1.29 is 13.8 Å². The van der Waals surface area contributed by atoms with Gasteiger partial charge in [-0.3, -0.25) is 9.59 Å². The van der Waals surface area contributed by atoms with Crippen LogP contribution >= 0.6 is 0 Å². The van der Waals surface area contributed by atoms with Gasteiger partial charge in [0.15, 0.2) is 5.78 Å². The lowest BCUT2D eigenvalue weighted by Gasteiger charge is -2.07. The molecule has 0 saturated carbocycles. The number of nitrogens with two attached hydrogens (primary N) is 1. The van der Waals surface area contributed by atoms with Crippen LogP contribution in [0, 0.1) is 0 Å². The van der Waals surface area contributed by atoms with E-state index in [1.807, 2.05) is 0 Å². The number of hydrogen-bond acceptors (Lipinski definition) is 4. The lowest BCUT2D eigenvalue weighted by molar-refractivity contribution is -0.114. The van der Waals surface area contributed by atoms with Crippen LogP contribution in [0.25, 0.3) is 0 Å². The first-order valence-corrected chi connectivity index (χ1v) is 8.35. The molecule has 0 radical (unpaired) electrons. The van der Waals surface area contributed by atoms with Crippen molar-refractivity contribution in [2.75, 3.05) is 11.9 Å². The number of rotatable bonds is 6. The Bertz CT molecular complexity index is 742. The summed E-state index contributed by atoms with van der Waals surface area (Å²) in [6, 6.07) is 13.5. The molecule has 6 heteroatoms. The lowest BCUT2D eigenvalue weighted by Crippen LogP contribution is -2.21. The van der Waals surface area contributed by atoms with Crippen molar-refractivity contribution in [1.82, 2.24) is 0 Å². The maximum Gasteiger partial charge on any atom is 0.238 e. The fraction of sp³-hybridized carbons (Fsp3) is 0.176. The smallest absolute Gasteiger partial charge is 0.238 e. The van der Waals surface area contributed by atoms with Crippen molar-refractivity contribution in [1.29, 1.82) is 0 Å². The molecule has 120 valence electrons. The molecule has 0 fully saturated rings. The van der Waals surface area contributed by atoms with Crippen molar-refractivity contribution in [2.45, 2.75) is 23.1 Å². The van der Waals surface area contributed by atoms with Crippen LogP contribution in [0.3, 0.4) is 0 Å². The minimum Gasteiger partial charge on any atom is -0.325 e. The molecule has 0 aliphatic rings. The Morgan fingerprint density at radius 2 is 1.78 bits per heavy atom. The van der Waals surface area contributed by atoms with Crippen LogP contribution in [-0.4, -0.2) is 22.4 Å². The first-order chi connectivity index (χ1) is 11.0. The van der Waals surface area contributed by atoms with E-state index in [4.69, 9.17) is 5.73 Å². The molecule has 0 aliphatic heterocycles. The second-order valence-corrected chi connectivity index (χ2v) is 6.33. The fourth-order valence-electron chi connectivity index (χ4n) is 2.01. The molecular formula is C17H18N2O3S. The summed E-state index contributed by atoms with van der Waals surface area (Å²) in [6.45, 7) is 1.69. The van der Waals surface area contributed by atoms with Gasteiger partial charge in [0.25, 0.3) is 0 Å². The number of carbonyl (C=O) groups excluding carboxylic acids is 2. The Morgan fingerprint density at radius 3 is 2.39 bits per heavy atom. The van der Waals surface area contributed by atoms with E-state index in [9.17, 15) is 13.8 Å². The zero-order valence-corrected chi connectivity index (χ0v) is 13.6. The predicted octanol–water partition coefficient (Wildman–Crippen LogP) is 2.34. The molecule has 1 amide bonds. The average Bonchev–Trinajstić information content (AvgIpc) is 2.60. The highest BCUT2D eigenvalue weighted by Crippen LogP contribution is 2.20. The van der Waals surface area contributed by atoms with E-state index in [1.54, 1.807) is 55.5 Å². The summed E-state index contributed by atoms with van der Waals surface area (Å²) in [5.74, 6) is -0.260. The third kappa shape index (κ3) is 4.34. The largest absolute Gasteiger partial charge is 0.325 e. The molecule has 5 nitrogen and oxygen atoms in total. The van der Waals surface area contributed by atoms with Gasteiger partial charge in [-0.15, -0.1) is 0 Å². The molecule has 1 atom stereocenters. The van der Waals surface area contributed by atoms with Crippen molar-refractivity contribution >= 4 is 28.2 Å². The molecule has 3 N–H and O–H groups in total. The topological polar surface area (TPSA) is 89.3 Å². The SMILES string of the molecule is CCC(=O)c1ccc(S(=O)c2cccc(NC(=O)CN)c2)cc1. The Morgan fingerprint density at radius 1 is 1.09 bits per heavy atom. The quantitative estimate of drug-likeness (QED) is 0.796. The zero-order chi connectivity index (χ0) is 16.8. The maximum atomic E-state index is 12.6. The van der Waals surface area contributed by atoms with Crippen LogP contribution in [-0.2, 0) is 15.6 Å². The Hall–Kier alpha value is -2.31. The van der Waals surface area contributed by atoms with Crippen LogP contribution < -0.4 is 11.1 Å². The van der Waals surface area contributed by atoms with Crippen LogP contribution in [0.4, 0.5) is 5.69 Å². The van der Waals surface area contributed by atoms with Gasteiger partial charge in [0.1, 0.15) is 0 Å². The van der Waals surface area contributed by atoms with Gasteiger partial charge in [0, 0.05) is 27.5 Å². The summed E-state index contributed by atoms with van der Waals surface area (Å²) >= 11 is 0. The van der Waals surface area contributed by atoms with E-state index in [0.29, 0.717) is 27.5 Å². The van der Waals surface area contributed by atoms with E-state index in [1.165, 1.54) is 0 Å². The molecule has 2 aromatic carbocycles. The van der Waals surface area contributed by atoms with E-state index in [0.717, 1.165) is 0 Å². The lowest BCUT2D eigenvalue weighted by atomic mass is 10.1. The van der Waals surface area contributed by atoms with Crippen LogP contribution in [0.1, 0.15) is 23.7 Å². The van der Waals surface area contributed by atoms with Crippen molar-refractivity contribution in [2.24, 2.45) is 5.73 Å². The number of Topliss-reactive ketones (excluding diaryl/α,β-unsaturated/α-hetero) is 1. The van der Waals surface area contributed by atoms with E-state index in [2.05, 4.69) is 5.32 Å². The van der Waals surface area contributed by atoms with Crippen molar-refractivity contribution in [3.05, 3.63) is 54.1 Å². The predicted molar refractivity (Wildman–Crippen MR) is 89.9 cm³/mol. The highest BCUT2D eigenvalue weighted by atomic mass is 32.2. The summed E-state index contributed by atoms with van der Waals surface area (Å²) < 4.78 is 12.6. The summed E-state index contributed by atoms with van der Waals surface area (Å²) in [4.78, 5) is 24.1. The number of nitrogens with one attached hydrogen (secondary N) is 1. The number of anilines is 1. The summed E-state index contributed by atoms with van der Waals surface area (Å²) in [7, 11) is -1.39. The average molecular weight is 330 g/mol. The van der Waals surface area contributed by atoms with Gasteiger partial charge in [-0.1, -0.05) is 25.1 Å². The van der Waals surface area contributed by atoms with Gasteiger partial charge in [0.2, 0.25) is 5.91 Å². The Kier molecular flexibility index (Phi) is 5.78. The highest BCUT2D eigenvalue weighted by Gasteiger charge is 2.10. The molecule has 0 aliphatic carbocycles. The molecule has 0 saturated heterocycles. The molecule has 1 unspecified atom stereocenters. The molecule has 2 aromatic rings. The Balaban J connectivity index is 2.21. The van der Waals surface area contributed by atoms with Gasteiger partial charge in [-0.05, 0) is 30.3 Å². The van der Waals surface area contributed by atoms with Gasteiger partial charge < -0.3 is 11.1 Å². The molecule has 0 aromatic heterocycles. The number of hydrogen-bond donors (Lipinski definition) is 2. The first kappa shape index (κ1) is 17.1. The second kappa shape index (κ2) is 7.80.